The van der Waals surface area contributed by atoms with Gasteiger partial charge in [0.1, 0.15) is 5.02 Å². The second kappa shape index (κ2) is 8.46. The molecule has 2 aromatic carbocycles. The maximum absolute atomic E-state index is 6.24. The van der Waals surface area contributed by atoms with Gasteiger partial charge in [0.05, 0.1) is 6.54 Å². The fourth-order valence-electron chi connectivity index (χ4n) is 2.26. The number of hydrogen-bond donors (Lipinski definition) is 2. The molecular formula is C17H12Cl4N4S. The lowest BCUT2D eigenvalue weighted by Gasteiger charge is -2.10. The molecule has 0 radical (unpaired) electrons. The molecule has 2 N–H and O–H groups in total. The molecule has 26 heavy (non-hydrogen) atoms. The third-order valence-electron chi connectivity index (χ3n) is 3.36. The number of aromatic nitrogens is 2. The van der Waals surface area contributed by atoms with Crippen molar-refractivity contribution in [3.63, 3.8) is 0 Å². The number of anilines is 2. The first-order chi connectivity index (χ1) is 12.4. The first-order valence-corrected chi connectivity index (χ1v) is 9.33. The third kappa shape index (κ3) is 5.02. The highest BCUT2D eigenvalue weighted by Gasteiger charge is 2.10. The number of nitrogens with zero attached hydrogens (tertiary/aromatic N) is 2. The van der Waals surface area contributed by atoms with E-state index in [9.17, 15) is 0 Å². The highest BCUT2D eigenvalue weighted by atomic mass is 35.5. The van der Waals surface area contributed by atoms with Crippen LogP contribution in [0.4, 0.5) is 11.5 Å². The molecule has 9 heteroatoms. The summed E-state index contributed by atoms with van der Waals surface area (Å²) in [5.74, 6) is 0.435. The topological polar surface area (TPSA) is 41.9 Å². The zero-order valence-corrected chi connectivity index (χ0v) is 17.0. The predicted octanol–water partition coefficient (Wildman–Crippen LogP) is 6.35. The Morgan fingerprint density at radius 2 is 1.65 bits per heavy atom. The molecule has 3 rings (SSSR count). The largest absolute Gasteiger partial charge is 0.332 e. The molecule has 0 aliphatic heterocycles. The standard InChI is InChI=1S/C17H12Cl4N4S/c18-11-5-12(19)7-13(6-11)22-17(26)23-16-15(21)9-25(24-16)8-10-3-1-2-4-14(10)20/h1-7,9H,8H2,(H2,22,23,24,26). The minimum absolute atomic E-state index is 0.313. The van der Waals surface area contributed by atoms with E-state index in [1.807, 2.05) is 24.3 Å². The van der Waals surface area contributed by atoms with Gasteiger partial charge >= 0.3 is 0 Å². The van der Waals surface area contributed by atoms with Crippen LogP contribution in [0.25, 0.3) is 0 Å². The normalized spacial score (nSPS) is 10.6. The van der Waals surface area contributed by atoms with Crippen LogP contribution in [-0.4, -0.2) is 14.9 Å². The summed E-state index contributed by atoms with van der Waals surface area (Å²) < 4.78 is 1.69. The average molecular weight is 446 g/mol. The number of thiocarbonyl (C=S) groups is 1. The highest BCUT2D eigenvalue weighted by molar-refractivity contribution is 7.80. The Morgan fingerprint density at radius 3 is 2.35 bits per heavy atom. The van der Waals surface area contributed by atoms with Crippen molar-refractivity contribution in [2.75, 3.05) is 10.6 Å². The molecule has 0 bridgehead atoms. The summed E-state index contributed by atoms with van der Waals surface area (Å²) in [7, 11) is 0. The minimum atomic E-state index is 0.313. The minimum Gasteiger partial charge on any atom is -0.332 e. The monoisotopic (exact) mass is 444 g/mol. The smallest absolute Gasteiger partial charge is 0.176 e. The molecule has 134 valence electrons. The van der Waals surface area contributed by atoms with Crippen molar-refractivity contribution in [3.8, 4) is 0 Å². The lowest BCUT2D eigenvalue weighted by Crippen LogP contribution is -2.19. The van der Waals surface area contributed by atoms with Gasteiger partial charge in [0.15, 0.2) is 10.9 Å². The van der Waals surface area contributed by atoms with Crippen molar-refractivity contribution in [2.45, 2.75) is 6.54 Å². The van der Waals surface area contributed by atoms with E-state index in [-0.39, 0.29) is 0 Å². The molecule has 0 amide bonds. The molecule has 0 unspecified atom stereocenters. The van der Waals surface area contributed by atoms with Gasteiger partial charge in [-0.25, -0.2) is 0 Å². The Morgan fingerprint density at radius 1 is 0.962 bits per heavy atom. The summed E-state index contributed by atoms with van der Waals surface area (Å²) in [5, 5.41) is 12.8. The maximum atomic E-state index is 6.24. The van der Waals surface area contributed by atoms with Crippen LogP contribution in [0.5, 0.6) is 0 Å². The van der Waals surface area contributed by atoms with Crippen LogP contribution in [0, 0.1) is 0 Å². The molecule has 1 aromatic heterocycles. The van der Waals surface area contributed by atoms with E-state index in [1.165, 1.54) is 0 Å². The second-order valence-corrected chi connectivity index (χ2v) is 7.45. The van der Waals surface area contributed by atoms with Crippen LogP contribution in [-0.2, 0) is 6.54 Å². The van der Waals surface area contributed by atoms with Crippen molar-refractivity contribution >= 4 is 75.2 Å². The van der Waals surface area contributed by atoms with Gasteiger partial charge in [-0.05, 0) is 42.0 Å². The van der Waals surface area contributed by atoms with Crippen molar-refractivity contribution < 1.29 is 0 Å². The Bertz CT molecular complexity index is 937. The lowest BCUT2D eigenvalue weighted by atomic mass is 10.2. The van der Waals surface area contributed by atoms with Gasteiger partial charge < -0.3 is 10.6 Å². The molecule has 0 aliphatic rings. The SMILES string of the molecule is S=C(Nc1cc(Cl)cc(Cl)c1)Nc1nn(Cc2ccccc2Cl)cc1Cl. The summed E-state index contributed by atoms with van der Waals surface area (Å²) in [5.41, 5.74) is 1.60. The zero-order chi connectivity index (χ0) is 18.7. The number of rotatable bonds is 4. The fourth-order valence-corrected chi connectivity index (χ4v) is 3.39. The molecular weight excluding hydrogens is 434 g/mol. The number of hydrogen-bond acceptors (Lipinski definition) is 2. The Kier molecular flexibility index (Phi) is 6.27. The average Bonchev–Trinajstić information content (AvgIpc) is 2.88. The summed E-state index contributed by atoms with van der Waals surface area (Å²) in [6.45, 7) is 0.491. The molecule has 0 spiro atoms. The van der Waals surface area contributed by atoms with Crippen LogP contribution in [0.2, 0.25) is 20.1 Å². The van der Waals surface area contributed by atoms with Gasteiger partial charge in [-0.15, -0.1) is 0 Å². The summed E-state index contributed by atoms with van der Waals surface area (Å²) in [6.07, 6.45) is 1.70. The van der Waals surface area contributed by atoms with Crippen LogP contribution in [0.3, 0.4) is 0 Å². The first kappa shape index (κ1) is 19.3. The molecule has 4 nitrogen and oxygen atoms in total. The molecule has 0 aliphatic carbocycles. The molecule has 0 saturated heterocycles. The van der Waals surface area contributed by atoms with Crippen LogP contribution in [0.1, 0.15) is 5.56 Å². The van der Waals surface area contributed by atoms with Gasteiger partial charge in [-0.1, -0.05) is 64.6 Å². The Hall–Kier alpha value is -1.50. The summed E-state index contributed by atoms with van der Waals surface area (Å²) in [4.78, 5) is 0. The second-order valence-electron chi connectivity index (χ2n) is 5.35. The predicted molar refractivity (Wildman–Crippen MR) is 114 cm³/mol. The maximum Gasteiger partial charge on any atom is 0.176 e. The fraction of sp³-hybridized carbons (Fsp3) is 0.0588. The number of nitrogens with one attached hydrogen (secondary N) is 2. The number of benzene rings is 2. The van der Waals surface area contributed by atoms with Gasteiger partial charge in [0.25, 0.3) is 0 Å². The molecule has 0 saturated carbocycles. The van der Waals surface area contributed by atoms with Crippen LogP contribution >= 0.6 is 58.6 Å². The van der Waals surface area contributed by atoms with Gasteiger partial charge in [-0.2, -0.15) is 5.10 Å². The van der Waals surface area contributed by atoms with Gasteiger partial charge in [0, 0.05) is 27.0 Å². The van der Waals surface area contributed by atoms with E-state index in [0.717, 1.165) is 5.56 Å². The number of halogens is 4. The first-order valence-electron chi connectivity index (χ1n) is 7.41. The zero-order valence-electron chi connectivity index (χ0n) is 13.1. The quantitative estimate of drug-likeness (QED) is 0.458. The Labute approximate surface area is 176 Å². The molecule has 3 aromatic rings. The van der Waals surface area contributed by atoms with E-state index >= 15 is 0 Å². The van der Waals surface area contributed by atoms with Crippen molar-refractivity contribution in [1.82, 2.24) is 9.78 Å². The summed E-state index contributed by atoms with van der Waals surface area (Å²) in [6, 6.07) is 12.6. The van der Waals surface area contributed by atoms with E-state index in [4.69, 9.17) is 58.6 Å². The molecule has 1 heterocycles. The van der Waals surface area contributed by atoms with Gasteiger partial charge in [-0.3, -0.25) is 4.68 Å². The van der Waals surface area contributed by atoms with Crippen LogP contribution in [0.15, 0.2) is 48.7 Å². The van der Waals surface area contributed by atoms with Crippen LogP contribution < -0.4 is 10.6 Å². The molecule has 0 atom stereocenters. The van der Waals surface area contributed by atoms with Crippen molar-refractivity contribution in [2.24, 2.45) is 0 Å². The van der Waals surface area contributed by atoms with Crippen molar-refractivity contribution in [3.05, 3.63) is 74.3 Å². The van der Waals surface area contributed by atoms with E-state index in [1.54, 1.807) is 29.1 Å². The lowest BCUT2D eigenvalue weighted by molar-refractivity contribution is 0.690. The Balaban J connectivity index is 1.69. The van der Waals surface area contributed by atoms with Gasteiger partial charge in [0.2, 0.25) is 0 Å². The van der Waals surface area contributed by atoms with Crippen molar-refractivity contribution in [1.29, 1.82) is 0 Å². The van der Waals surface area contributed by atoms with E-state index < -0.39 is 0 Å². The molecule has 0 fully saturated rings. The highest BCUT2D eigenvalue weighted by Crippen LogP contribution is 2.24. The van der Waals surface area contributed by atoms with E-state index in [2.05, 4.69) is 15.7 Å². The summed E-state index contributed by atoms with van der Waals surface area (Å²) >= 11 is 29.7. The third-order valence-corrected chi connectivity index (χ3v) is 4.65. The van der Waals surface area contributed by atoms with E-state index in [0.29, 0.717) is 43.3 Å².